The summed E-state index contributed by atoms with van der Waals surface area (Å²) in [5, 5.41) is 7.05. The summed E-state index contributed by atoms with van der Waals surface area (Å²) in [6.45, 7) is 4.85. The number of ether oxygens (including phenoxy) is 1. The first kappa shape index (κ1) is 13.8. The molecule has 0 fully saturated rings. The number of rotatable bonds is 6. The molecule has 2 aromatic rings. The Morgan fingerprint density at radius 3 is 3.05 bits per heavy atom. The first-order chi connectivity index (χ1) is 9.24. The highest BCUT2D eigenvalue weighted by Crippen LogP contribution is 2.29. The second-order valence-corrected chi connectivity index (χ2v) is 4.63. The van der Waals surface area contributed by atoms with Crippen LogP contribution in [0.5, 0.6) is 5.75 Å². The van der Waals surface area contributed by atoms with Gasteiger partial charge in [-0.1, -0.05) is 11.2 Å². The van der Waals surface area contributed by atoms with Crippen LogP contribution < -0.4 is 10.1 Å². The van der Waals surface area contributed by atoms with Gasteiger partial charge in [0.2, 0.25) is 11.7 Å². The quantitative estimate of drug-likeness (QED) is 0.654. The molecule has 19 heavy (non-hydrogen) atoms. The second kappa shape index (κ2) is 6.49. The van der Waals surface area contributed by atoms with Crippen LogP contribution in [0, 0.1) is 0 Å². The average molecular weight is 324 g/mol. The lowest BCUT2D eigenvalue weighted by molar-refractivity contribution is 0.370. The van der Waals surface area contributed by atoms with E-state index in [2.05, 4.69) is 38.0 Å². The minimum atomic E-state index is 0.524. The molecule has 6 heteroatoms. The van der Waals surface area contributed by atoms with Gasteiger partial charge in [-0.2, -0.15) is 4.98 Å². The molecule has 2 rings (SSSR count). The first-order valence-corrected chi connectivity index (χ1v) is 6.52. The summed E-state index contributed by atoms with van der Waals surface area (Å²) in [5.41, 5.74) is 0.867. The van der Waals surface area contributed by atoms with Gasteiger partial charge in [0.05, 0.1) is 18.1 Å². The Morgan fingerprint density at radius 1 is 1.53 bits per heavy atom. The second-order valence-electron chi connectivity index (χ2n) is 3.78. The molecule has 0 bridgehead atoms. The predicted molar refractivity (Wildman–Crippen MR) is 75.9 cm³/mol. The van der Waals surface area contributed by atoms with E-state index in [4.69, 9.17) is 9.26 Å². The zero-order valence-electron chi connectivity index (χ0n) is 10.5. The Balaban J connectivity index is 2.13. The zero-order valence-corrected chi connectivity index (χ0v) is 12.1. The Hall–Kier alpha value is -1.66. The number of methoxy groups -OCH3 is 1. The van der Waals surface area contributed by atoms with Gasteiger partial charge in [-0.3, -0.25) is 0 Å². The third-order valence-electron chi connectivity index (χ3n) is 2.44. The summed E-state index contributed by atoms with van der Waals surface area (Å²) in [6.07, 6.45) is 1.78. The van der Waals surface area contributed by atoms with Crippen molar-refractivity contribution in [1.29, 1.82) is 0 Å². The topological polar surface area (TPSA) is 60.2 Å². The van der Waals surface area contributed by atoms with E-state index >= 15 is 0 Å². The van der Waals surface area contributed by atoms with Crippen LogP contribution in [0.1, 0.15) is 5.89 Å². The van der Waals surface area contributed by atoms with Crippen molar-refractivity contribution in [3.8, 4) is 17.1 Å². The highest BCUT2D eigenvalue weighted by molar-refractivity contribution is 9.10. The van der Waals surface area contributed by atoms with E-state index in [0.717, 1.165) is 15.8 Å². The zero-order chi connectivity index (χ0) is 13.7. The Kier molecular flexibility index (Phi) is 4.70. The summed E-state index contributed by atoms with van der Waals surface area (Å²) in [4.78, 5) is 4.31. The van der Waals surface area contributed by atoms with E-state index in [9.17, 15) is 0 Å². The maximum Gasteiger partial charge on any atom is 0.240 e. The highest BCUT2D eigenvalue weighted by Gasteiger charge is 2.10. The molecule has 0 saturated carbocycles. The monoisotopic (exact) mass is 323 g/mol. The fourth-order valence-corrected chi connectivity index (χ4v) is 2.07. The molecule has 0 saturated heterocycles. The molecule has 0 amide bonds. The van der Waals surface area contributed by atoms with Crippen LogP contribution in [0.2, 0.25) is 0 Å². The first-order valence-electron chi connectivity index (χ1n) is 5.72. The van der Waals surface area contributed by atoms with E-state index in [1.165, 1.54) is 0 Å². The molecular formula is C13H14BrN3O2. The predicted octanol–water partition coefficient (Wildman–Crippen LogP) is 2.78. The van der Waals surface area contributed by atoms with Crippen molar-refractivity contribution in [2.24, 2.45) is 0 Å². The number of hydrogen-bond acceptors (Lipinski definition) is 5. The van der Waals surface area contributed by atoms with Crippen molar-refractivity contribution >= 4 is 15.9 Å². The van der Waals surface area contributed by atoms with Gasteiger partial charge in [0.15, 0.2) is 0 Å². The van der Waals surface area contributed by atoms with E-state index < -0.39 is 0 Å². The third-order valence-corrected chi connectivity index (χ3v) is 3.06. The summed E-state index contributed by atoms with van der Waals surface area (Å²) in [6, 6.07) is 5.63. The molecule has 0 unspecified atom stereocenters. The molecule has 0 aliphatic rings. The van der Waals surface area contributed by atoms with Crippen molar-refractivity contribution in [3.63, 3.8) is 0 Å². The van der Waals surface area contributed by atoms with Gasteiger partial charge in [0.1, 0.15) is 5.75 Å². The van der Waals surface area contributed by atoms with Gasteiger partial charge in [-0.05, 0) is 34.1 Å². The van der Waals surface area contributed by atoms with Crippen LogP contribution in [0.4, 0.5) is 0 Å². The van der Waals surface area contributed by atoms with Crippen molar-refractivity contribution in [3.05, 3.63) is 41.2 Å². The summed E-state index contributed by atoms with van der Waals surface area (Å²) < 4.78 is 11.2. The minimum absolute atomic E-state index is 0.524. The lowest BCUT2D eigenvalue weighted by Gasteiger charge is -2.03. The summed E-state index contributed by atoms with van der Waals surface area (Å²) >= 11 is 3.43. The number of halogens is 1. The van der Waals surface area contributed by atoms with E-state index in [0.29, 0.717) is 24.8 Å². The van der Waals surface area contributed by atoms with Crippen molar-refractivity contribution in [1.82, 2.24) is 15.5 Å². The number of nitrogens with one attached hydrogen (secondary N) is 1. The summed E-state index contributed by atoms with van der Waals surface area (Å²) in [5.74, 6) is 1.86. The van der Waals surface area contributed by atoms with Crippen LogP contribution in [0.25, 0.3) is 11.4 Å². The van der Waals surface area contributed by atoms with Crippen LogP contribution in [-0.2, 0) is 6.54 Å². The molecule has 0 aliphatic carbocycles. The van der Waals surface area contributed by atoms with Gasteiger partial charge in [-0.15, -0.1) is 6.58 Å². The normalized spacial score (nSPS) is 10.4. The van der Waals surface area contributed by atoms with Crippen LogP contribution in [0.3, 0.4) is 0 Å². The Bertz CT molecular complexity index is 569. The van der Waals surface area contributed by atoms with Crippen LogP contribution in [-0.4, -0.2) is 23.8 Å². The van der Waals surface area contributed by atoms with Crippen molar-refractivity contribution < 1.29 is 9.26 Å². The largest absolute Gasteiger partial charge is 0.496 e. The molecule has 1 aromatic heterocycles. The molecule has 1 aromatic carbocycles. The molecule has 1 N–H and O–H groups in total. The Morgan fingerprint density at radius 2 is 2.37 bits per heavy atom. The van der Waals surface area contributed by atoms with Gasteiger partial charge in [0, 0.05) is 12.1 Å². The maximum absolute atomic E-state index is 5.18. The molecule has 5 nitrogen and oxygen atoms in total. The van der Waals surface area contributed by atoms with Gasteiger partial charge in [-0.25, -0.2) is 0 Å². The SMILES string of the molecule is C=CCNCc1nc(-c2ccc(OC)c(Br)c2)no1. The fourth-order valence-electron chi connectivity index (χ4n) is 1.53. The maximum atomic E-state index is 5.18. The minimum Gasteiger partial charge on any atom is -0.496 e. The standard InChI is InChI=1S/C13H14BrN3O2/c1-3-6-15-8-12-16-13(17-19-12)9-4-5-11(18-2)10(14)7-9/h3-5,7,15H,1,6,8H2,2H3. The number of benzene rings is 1. The number of nitrogens with zero attached hydrogens (tertiary/aromatic N) is 2. The lowest BCUT2D eigenvalue weighted by atomic mass is 10.2. The van der Waals surface area contributed by atoms with Crippen LogP contribution in [0.15, 0.2) is 39.8 Å². The van der Waals surface area contributed by atoms with Gasteiger partial charge >= 0.3 is 0 Å². The third kappa shape index (κ3) is 3.42. The van der Waals surface area contributed by atoms with Gasteiger partial charge < -0.3 is 14.6 Å². The van der Waals surface area contributed by atoms with Crippen LogP contribution >= 0.6 is 15.9 Å². The number of aromatic nitrogens is 2. The van der Waals surface area contributed by atoms with E-state index in [-0.39, 0.29) is 0 Å². The molecule has 0 aliphatic heterocycles. The molecular weight excluding hydrogens is 310 g/mol. The molecule has 1 heterocycles. The molecule has 100 valence electrons. The lowest BCUT2D eigenvalue weighted by Crippen LogP contribution is -2.12. The van der Waals surface area contributed by atoms with E-state index in [1.807, 2.05) is 18.2 Å². The molecule has 0 radical (unpaired) electrons. The van der Waals surface area contributed by atoms with Crippen molar-refractivity contribution in [2.45, 2.75) is 6.54 Å². The molecule has 0 spiro atoms. The van der Waals surface area contributed by atoms with Crippen molar-refractivity contribution in [2.75, 3.05) is 13.7 Å². The fraction of sp³-hybridized carbons (Fsp3) is 0.231. The number of hydrogen-bond donors (Lipinski definition) is 1. The highest BCUT2D eigenvalue weighted by atomic mass is 79.9. The molecule has 0 atom stereocenters. The smallest absolute Gasteiger partial charge is 0.240 e. The van der Waals surface area contributed by atoms with Gasteiger partial charge in [0.25, 0.3) is 0 Å². The summed E-state index contributed by atoms with van der Waals surface area (Å²) in [7, 11) is 1.62. The Labute approximate surface area is 119 Å². The average Bonchev–Trinajstić information content (AvgIpc) is 2.88. The van der Waals surface area contributed by atoms with E-state index in [1.54, 1.807) is 13.2 Å².